The average molecular weight is 341 g/mol. The highest BCUT2D eigenvalue weighted by Gasteiger charge is 2.38. The van der Waals surface area contributed by atoms with Crippen LogP contribution in [0.2, 0.25) is 0 Å². The molecule has 1 aliphatic rings. The standard InChI is InChI=1S/C14H17BrN2O3/c1-7-8(2)17(9(3)18)12-5-4-10(15)6-11(12)13(7)16-14(19)20/h4-8,13,16H,1-3H3,(H,19,20)/t7-,8-,13+/m0/s1. The van der Waals surface area contributed by atoms with E-state index < -0.39 is 6.09 Å². The predicted molar refractivity (Wildman–Crippen MR) is 79.8 cm³/mol. The molecule has 0 aliphatic carbocycles. The van der Waals surface area contributed by atoms with Crippen molar-refractivity contribution in [2.24, 2.45) is 5.92 Å². The van der Waals surface area contributed by atoms with Crippen molar-refractivity contribution >= 4 is 33.6 Å². The number of carbonyl (C=O) groups is 2. The third-order valence-electron chi connectivity index (χ3n) is 3.90. The van der Waals surface area contributed by atoms with Crippen LogP contribution in [0.5, 0.6) is 0 Å². The first-order chi connectivity index (χ1) is 9.32. The fourth-order valence-corrected chi connectivity index (χ4v) is 3.19. The summed E-state index contributed by atoms with van der Waals surface area (Å²) in [7, 11) is 0. The van der Waals surface area contributed by atoms with Crippen molar-refractivity contribution in [1.82, 2.24) is 5.32 Å². The second-order valence-electron chi connectivity index (χ2n) is 5.12. The van der Waals surface area contributed by atoms with E-state index in [-0.39, 0.29) is 23.9 Å². The van der Waals surface area contributed by atoms with E-state index in [2.05, 4.69) is 21.2 Å². The lowest BCUT2D eigenvalue weighted by atomic mass is 9.83. The van der Waals surface area contributed by atoms with Gasteiger partial charge in [0.2, 0.25) is 5.91 Å². The van der Waals surface area contributed by atoms with E-state index in [9.17, 15) is 9.59 Å². The Kier molecular flexibility index (Phi) is 4.04. The zero-order valence-electron chi connectivity index (χ0n) is 11.6. The quantitative estimate of drug-likeness (QED) is 0.824. The van der Waals surface area contributed by atoms with Gasteiger partial charge in [-0.3, -0.25) is 4.79 Å². The Hall–Kier alpha value is -1.56. The number of benzene rings is 1. The van der Waals surface area contributed by atoms with Crippen LogP contribution >= 0.6 is 15.9 Å². The van der Waals surface area contributed by atoms with Crippen molar-refractivity contribution in [1.29, 1.82) is 0 Å². The summed E-state index contributed by atoms with van der Waals surface area (Å²) >= 11 is 3.40. The first-order valence-corrected chi connectivity index (χ1v) is 7.21. The molecule has 1 aromatic rings. The lowest BCUT2D eigenvalue weighted by molar-refractivity contribution is -0.117. The Morgan fingerprint density at radius 3 is 2.55 bits per heavy atom. The molecule has 0 saturated heterocycles. The molecule has 2 N–H and O–H groups in total. The number of anilines is 1. The van der Waals surface area contributed by atoms with Gasteiger partial charge in [-0.05, 0) is 30.7 Å². The van der Waals surface area contributed by atoms with Crippen LogP contribution in [0.4, 0.5) is 10.5 Å². The molecule has 0 radical (unpaired) electrons. The summed E-state index contributed by atoms with van der Waals surface area (Å²) in [5.74, 6) is -0.0569. The van der Waals surface area contributed by atoms with Gasteiger partial charge in [-0.15, -0.1) is 0 Å². The van der Waals surface area contributed by atoms with Gasteiger partial charge in [0.25, 0.3) is 0 Å². The number of fused-ring (bicyclic) bond motifs is 1. The number of nitrogens with one attached hydrogen (secondary N) is 1. The van der Waals surface area contributed by atoms with Gasteiger partial charge in [-0.2, -0.15) is 0 Å². The summed E-state index contributed by atoms with van der Waals surface area (Å²) in [6.45, 7) is 5.42. The van der Waals surface area contributed by atoms with Gasteiger partial charge >= 0.3 is 6.09 Å². The normalized spacial score (nSPS) is 25.0. The van der Waals surface area contributed by atoms with Crippen molar-refractivity contribution in [2.75, 3.05) is 4.90 Å². The fourth-order valence-electron chi connectivity index (χ4n) is 2.81. The van der Waals surface area contributed by atoms with Crippen molar-refractivity contribution < 1.29 is 14.7 Å². The van der Waals surface area contributed by atoms with E-state index in [1.807, 2.05) is 32.0 Å². The summed E-state index contributed by atoms with van der Waals surface area (Å²) < 4.78 is 0.860. The van der Waals surface area contributed by atoms with E-state index in [4.69, 9.17) is 5.11 Å². The molecule has 5 nitrogen and oxygen atoms in total. The first kappa shape index (κ1) is 14.8. The van der Waals surface area contributed by atoms with Gasteiger partial charge in [-0.1, -0.05) is 22.9 Å². The Morgan fingerprint density at radius 1 is 1.35 bits per heavy atom. The summed E-state index contributed by atoms with van der Waals surface area (Å²) in [5.41, 5.74) is 1.59. The van der Waals surface area contributed by atoms with Crippen LogP contribution in [0.25, 0.3) is 0 Å². The molecule has 2 amide bonds. The van der Waals surface area contributed by atoms with Crippen molar-refractivity contribution in [3.63, 3.8) is 0 Å². The van der Waals surface area contributed by atoms with Gasteiger partial charge in [0.1, 0.15) is 0 Å². The molecule has 108 valence electrons. The number of amides is 2. The monoisotopic (exact) mass is 340 g/mol. The zero-order chi connectivity index (χ0) is 15.0. The second-order valence-corrected chi connectivity index (χ2v) is 6.03. The summed E-state index contributed by atoms with van der Waals surface area (Å²) in [4.78, 5) is 24.7. The van der Waals surface area contributed by atoms with Crippen LogP contribution in [-0.2, 0) is 4.79 Å². The van der Waals surface area contributed by atoms with Gasteiger partial charge in [0, 0.05) is 29.0 Å². The number of hydrogen-bond acceptors (Lipinski definition) is 2. The minimum atomic E-state index is -1.06. The Balaban J connectivity index is 2.58. The molecule has 6 heteroatoms. The maximum atomic E-state index is 11.9. The highest BCUT2D eigenvalue weighted by Crippen LogP contribution is 2.41. The second kappa shape index (κ2) is 5.44. The first-order valence-electron chi connectivity index (χ1n) is 6.41. The molecule has 20 heavy (non-hydrogen) atoms. The number of nitrogens with zero attached hydrogens (tertiary/aromatic N) is 1. The minimum Gasteiger partial charge on any atom is -0.465 e. The molecule has 1 aliphatic heterocycles. The summed E-state index contributed by atoms with van der Waals surface area (Å²) in [6, 6.07) is 5.17. The molecule has 0 unspecified atom stereocenters. The maximum Gasteiger partial charge on any atom is 0.405 e. The molecule has 0 saturated carbocycles. The Bertz CT molecular complexity index is 561. The van der Waals surface area contributed by atoms with Crippen LogP contribution in [0.1, 0.15) is 32.4 Å². The number of carbonyl (C=O) groups excluding carboxylic acids is 1. The molecule has 2 rings (SSSR count). The molecule has 1 aromatic carbocycles. The van der Waals surface area contributed by atoms with Crippen molar-refractivity contribution in [3.8, 4) is 0 Å². The molecule has 3 atom stereocenters. The van der Waals surface area contributed by atoms with E-state index in [0.29, 0.717) is 0 Å². The zero-order valence-corrected chi connectivity index (χ0v) is 13.1. The summed E-state index contributed by atoms with van der Waals surface area (Å²) in [5, 5.41) is 11.6. The molecule has 0 bridgehead atoms. The smallest absolute Gasteiger partial charge is 0.405 e. The van der Waals surface area contributed by atoms with Gasteiger partial charge in [0.15, 0.2) is 0 Å². The van der Waals surface area contributed by atoms with E-state index in [0.717, 1.165) is 15.7 Å². The van der Waals surface area contributed by atoms with Gasteiger partial charge < -0.3 is 15.3 Å². The van der Waals surface area contributed by atoms with Crippen molar-refractivity contribution in [3.05, 3.63) is 28.2 Å². The average Bonchev–Trinajstić information content (AvgIpc) is 2.35. The number of halogens is 1. The van der Waals surface area contributed by atoms with E-state index in [1.165, 1.54) is 6.92 Å². The highest BCUT2D eigenvalue weighted by atomic mass is 79.9. The van der Waals surface area contributed by atoms with Crippen LogP contribution in [0, 0.1) is 5.92 Å². The third kappa shape index (κ3) is 2.52. The van der Waals surface area contributed by atoms with E-state index in [1.54, 1.807) is 4.90 Å². The van der Waals surface area contributed by atoms with Crippen LogP contribution in [0.3, 0.4) is 0 Å². The largest absolute Gasteiger partial charge is 0.465 e. The predicted octanol–water partition coefficient (Wildman–Crippen LogP) is 3.15. The Morgan fingerprint density at radius 2 is 2.00 bits per heavy atom. The van der Waals surface area contributed by atoms with Gasteiger partial charge in [0.05, 0.1) is 6.04 Å². The number of carboxylic acid groups (broad SMARTS) is 1. The maximum absolute atomic E-state index is 11.9. The van der Waals surface area contributed by atoms with Crippen LogP contribution in [-0.4, -0.2) is 23.1 Å². The molecule has 0 fully saturated rings. The van der Waals surface area contributed by atoms with Crippen LogP contribution in [0.15, 0.2) is 22.7 Å². The van der Waals surface area contributed by atoms with Gasteiger partial charge in [-0.25, -0.2) is 4.79 Å². The van der Waals surface area contributed by atoms with Crippen LogP contribution < -0.4 is 10.2 Å². The fraction of sp³-hybridized carbons (Fsp3) is 0.429. The molecule has 0 spiro atoms. The van der Waals surface area contributed by atoms with Crippen molar-refractivity contribution in [2.45, 2.75) is 32.9 Å². The summed E-state index contributed by atoms with van der Waals surface area (Å²) in [6.07, 6.45) is -1.06. The molecule has 0 aromatic heterocycles. The molecular formula is C14H17BrN2O3. The molecule has 1 heterocycles. The Labute approximate surface area is 126 Å². The lowest BCUT2D eigenvalue weighted by Gasteiger charge is -2.43. The topological polar surface area (TPSA) is 69.6 Å². The lowest BCUT2D eigenvalue weighted by Crippen LogP contribution is -2.50. The minimum absolute atomic E-state index is 0.0169. The molecular weight excluding hydrogens is 324 g/mol. The highest BCUT2D eigenvalue weighted by molar-refractivity contribution is 9.10. The number of rotatable bonds is 1. The van der Waals surface area contributed by atoms with E-state index >= 15 is 0 Å². The number of hydrogen-bond donors (Lipinski definition) is 2. The SMILES string of the molecule is CC(=O)N1c2ccc(Br)cc2[C@H](NC(=O)O)[C@@H](C)[C@@H]1C. The third-order valence-corrected chi connectivity index (χ3v) is 4.39.